The van der Waals surface area contributed by atoms with Crippen LogP contribution < -0.4 is 0 Å². The Morgan fingerprint density at radius 1 is 1.62 bits per heavy atom. The lowest BCUT2D eigenvalue weighted by Gasteiger charge is -2.30. The molecule has 0 bridgehead atoms. The normalized spacial score (nSPS) is 25.2. The summed E-state index contributed by atoms with van der Waals surface area (Å²) in [7, 11) is -1.76. The Kier molecular flexibility index (Phi) is 4.28. The van der Waals surface area contributed by atoms with E-state index < -0.39 is 27.2 Å². The summed E-state index contributed by atoms with van der Waals surface area (Å²) < 4.78 is 28.6. The molecule has 0 saturated carbocycles. The Bertz CT molecular complexity index is 353. The molecule has 2 unspecified atom stereocenters. The Hall–Kier alpha value is -0.660. The van der Waals surface area contributed by atoms with Crippen LogP contribution in [0.3, 0.4) is 0 Å². The number of hydrogen-bond donors (Lipinski definition) is 1. The molecule has 1 rings (SSSR count). The largest absolute Gasteiger partial charge is 0.480 e. The molecular weight excluding hydrogens is 234 g/mol. The minimum absolute atomic E-state index is 0.231. The molecule has 16 heavy (non-hydrogen) atoms. The Labute approximate surface area is 95.1 Å². The number of carbonyl (C=O) groups is 1. The second-order valence-electron chi connectivity index (χ2n) is 4.07. The first kappa shape index (κ1) is 13.4. The van der Waals surface area contributed by atoms with Gasteiger partial charge in [0.25, 0.3) is 0 Å². The van der Waals surface area contributed by atoms with Gasteiger partial charge < -0.3 is 14.7 Å². The van der Waals surface area contributed by atoms with Crippen LogP contribution in [-0.4, -0.2) is 68.2 Å². The molecule has 6 nitrogen and oxygen atoms in total. The van der Waals surface area contributed by atoms with Gasteiger partial charge in [0.15, 0.2) is 15.1 Å². The van der Waals surface area contributed by atoms with E-state index in [-0.39, 0.29) is 5.75 Å². The molecule has 1 aliphatic rings. The number of likely N-dealkylation sites (N-methyl/N-ethyl adjacent to an activating group) is 1. The number of rotatable bonds is 4. The van der Waals surface area contributed by atoms with Crippen molar-refractivity contribution in [3.05, 3.63) is 0 Å². The van der Waals surface area contributed by atoms with E-state index in [1.807, 2.05) is 11.9 Å². The Morgan fingerprint density at radius 2 is 2.25 bits per heavy atom. The molecule has 1 N–H and O–H groups in total. The number of ether oxygens (including phenoxy) is 1. The van der Waals surface area contributed by atoms with Gasteiger partial charge in [-0.2, -0.15) is 0 Å². The van der Waals surface area contributed by atoms with E-state index in [2.05, 4.69) is 0 Å². The first-order valence-corrected chi connectivity index (χ1v) is 6.79. The van der Waals surface area contributed by atoms with Crippen molar-refractivity contribution in [3.63, 3.8) is 0 Å². The first-order chi connectivity index (χ1) is 7.33. The van der Waals surface area contributed by atoms with E-state index in [0.717, 1.165) is 6.54 Å². The van der Waals surface area contributed by atoms with Gasteiger partial charge in [0.05, 0.1) is 18.5 Å². The lowest BCUT2D eigenvalue weighted by atomic mass is 10.3. The predicted octanol–water partition coefficient (Wildman–Crippen LogP) is -0.795. The highest BCUT2D eigenvalue weighted by Gasteiger charge is 2.32. The smallest absolute Gasteiger partial charge is 0.321 e. The minimum atomic E-state index is -3.63. The highest BCUT2D eigenvalue weighted by molar-refractivity contribution is 7.92. The van der Waals surface area contributed by atoms with Crippen LogP contribution in [0.4, 0.5) is 0 Å². The SMILES string of the molecule is CC(C(=O)O)S(=O)(=O)CC1CN(C)CCO1. The Morgan fingerprint density at radius 3 is 2.75 bits per heavy atom. The van der Waals surface area contributed by atoms with Gasteiger partial charge >= 0.3 is 5.97 Å². The molecule has 0 aromatic carbocycles. The van der Waals surface area contributed by atoms with E-state index >= 15 is 0 Å². The summed E-state index contributed by atoms with van der Waals surface area (Å²) in [5.74, 6) is -1.55. The molecule has 0 spiro atoms. The van der Waals surface area contributed by atoms with E-state index in [9.17, 15) is 13.2 Å². The van der Waals surface area contributed by atoms with Gasteiger partial charge in [-0.1, -0.05) is 0 Å². The fourth-order valence-corrected chi connectivity index (χ4v) is 2.84. The zero-order valence-corrected chi connectivity index (χ0v) is 10.2. The van der Waals surface area contributed by atoms with Crippen molar-refractivity contribution < 1.29 is 23.1 Å². The van der Waals surface area contributed by atoms with Gasteiger partial charge in [-0.15, -0.1) is 0 Å². The minimum Gasteiger partial charge on any atom is -0.480 e. The van der Waals surface area contributed by atoms with Crippen LogP contribution in [0.25, 0.3) is 0 Å². The maximum absolute atomic E-state index is 11.7. The second kappa shape index (κ2) is 5.11. The number of hydrogen-bond acceptors (Lipinski definition) is 5. The summed E-state index contributed by atoms with van der Waals surface area (Å²) >= 11 is 0. The molecule has 1 heterocycles. The molecular formula is C9H17NO5S. The van der Waals surface area contributed by atoms with E-state index in [1.54, 1.807) is 0 Å². The third kappa shape index (κ3) is 3.43. The van der Waals surface area contributed by atoms with Crippen LogP contribution in [0, 0.1) is 0 Å². The van der Waals surface area contributed by atoms with Crippen molar-refractivity contribution in [1.29, 1.82) is 0 Å². The molecule has 1 fully saturated rings. The van der Waals surface area contributed by atoms with Crippen LogP contribution >= 0.6 is 0 Å². The van der Waals surface area contributed by atoms with Crippen LogP contribution in [0.1, 0.15) is 6.92 Å². The average molecular weight is 251 g/mol. The molecule has 0 amide bonds. The molecule has 0 aliphatic carbocycles. The standard InChI is InChI=1S/C9H17NO5S/c1-7(9(11)12)16(13,14)6-8-5-10(2)3-4-15-8/h7-8H,3-6H2,1-2H3,(H,11,12). The number of carboxylic acids is 1. The van der Waals surface area contributed by atoms with Crippen LogP contribution in [0.15, 0.2) is 0 Å². The molecule has 94 valence electrons. The predicted molar refractivity (Wildman–Crippen MR) is 58.1 cm³/mol. The summed E-state index contributed by atoms with van der Waals surface area (Å²) in [6.45, 7) is 2.96. The number of morpholine rings is 1. The second-order valence-corrected chi connectivity index (χ2v) is 6.43. The Balaban J connectivity index is 2.62. The van der Waals surface area contributed by atoms with Crippen molar-refractivity contribution >= 4 is 15.8 Å². The van der Waals surface area contributed by atoms with Crippen LogP contribution in [0.5, 0.6) is 0 Å². The third-order valence-corrected chi connectivity index (χ3v) is 4.76. The van der Waals surface area contributed by atoms with Gasteiger partial charge in [-0.25, -0.2) is 8.42 Å². The van der Waals surface area contributed by atoms with Gasteiger partial charge in [0, 0.05) is 13.1 Å². The summed E-state index contributed by atoms with van der Waals surface area (Å²) in [6.07, 6.45) is -0.425. The van der Waals surface area contributed by atoms with Gasteiger partial charge in [0.2, 0.25) is 0 Å². The fourth-order valence-electron chi connectivity index (χ4n) is 1.52. The summed E-state index contributed by atoms with van der Waals surface area (Å²) in [4.78, 5) is 12.6. The fraction of sp³-hybridized carbons (Fsp3) is 0.889. The summed E-state index contributed by atoms with van der Waals surface area (Å²) in [6, 6.07) is 0. The van der Waals surface area contributed by atoms with Crippen molar-refractivity contribution in [2.24, 2.45) is 0 Å². The molecule has 2 atom stereocenters. The quantitative estimate of drug-likeness (QED) is 0.704. The average Bonchev–Trinajstić information content (AvgIpc) is 2.15. The third-order valence-electron chi connectivity index (χ3n) is 2.65. The lowest BCUT2D eigenvalue weighted by molar-refractivity contribution is -0.136. The molecule has 7 heteroatoms. The van der Waals surface area contributed by atoms with E-state index in [4.69, 9.17) is 9.84 Å². The zero-order chi connectivity index (χ0) is 12.3. The molecule has 1 aliphatic heterocycles. The molecule has 1 saturated heterocycles. The van der Waals surface area contributed by atoms with Crippen molar-refractivity contribution in [2.75, 3.05) is 32.5 Å². The molecule has 0 aromatic rings. The van der Waals surface area contributed by atoms with E-state index in [1.165, 1.54) is 6.92 Å². The topological polar surface area (TPSA) is 83.9 Å². The summed E-state index contributed by atoms with van der Waals surface area (Å²) in [5.41, 5.74) is 0. The van der Waals surface area contributed by atoms with Crippen LogP contribution in [-0.2, 0) is 19.4 Å². The van der Waals surface area contributed by atoms with Crippen molar-refractivity contribution in [2.45, 2.75) is 18.3 Å². The number of nitrogens with zero attached hydrogens (tertiary/aromatic N) is 1. The molecule has 0 radical (unpaired) electrons. The first-order valence-electron chi connectivity index (χ1n) is 5.07. The highest BCUT2D eigenvalue weighted by atomic mass is 32.2. The van der Waals surface area contributed by atoms with E-state index in [0.29, 0.717) is 13.2 Å². The monoisotopic (exact) mass is 251 g/mol. The lowest BCUT2D eigenvalue weighted by Crippen LogP contribution is -2.45. The van der Waals surface area contributed by atoms with Gasteiger partial charge in [0.1, 0.15) is 0 Å². The van der Waals surface area contributed by atoms with Gasteiger partial charge in [-0.05, 0) is 14.0 Å². The maximum Gasteiger partial charge on any atom is 0.321 e. The molecule has 0 aromatic heterocycles. The van der Waals surface area contributed by atoms with Crippen LogP contribution in [0.2, 0.25) is 0 Å². The highest BCUT2D eigenvalue weighted by Crippen LogP contribution is 2.10. The number of carboxylic acid groups (broad SMARTS) is 1. The van der Waals surface area contributed by atoms with Gasteiger partial charge in [-0.3, -0.25) is 4.79 Å². The summed E-state index contributed by atoms with van der Waals surface area (Å²) in [5, 5.41) is 7.30. The zero-order valence-electron chi connectivity index (χ0n) is 9.42. The number of aliphatic carboxylic acids is 1. The maximum atomic E-state index is 11.7. The van der Waals surface area contributed by atoms with Crippen molar-refractivity contribution in [1.82, 2.24) is 4.90 Å². The van der Waals surface area contributed by atoms with Crippen molar-refractivity contribution in [3.8, 4) is 0 Å². The number of sulfone groups is 1.